The Morgan fingerprint density at radius 1 is 0.861 bits per heavy atom. The summed E-state index contributed by atoms with van der Waals surface area (Å²) in [5, 5.41) is 14.6. The van der Waals surface area contributed by atoms with E-state index in [1.54, 1.807) is 9.80 Å². The standard InChI is InChI=1S/C28H31N3O5/c32-19-25(29-26(33)18-23-12-6-11-22-10-4-5-13-24(22)23)27(34)30-14-7-15-31(17-16-30)28(35)36-20-21-8-2-1-3-9-21/h1-6,8-13,25,32H,7,14-20H2,(H,29,33)/t25-/m0/s1. The predicted octanol–water partition coefficient (Wildman–Crippen LogP) is 2.73. The third-order valence-corrected chi connectivity index (χ3v) is 6.32. The number of fused-ring (bicyclic) bond motifs is 1. The molecule has 188 valence electrons. The number of ether oxygens (including phenoxy) is 1. The van der Waals surface area contributed by atoms with E-state index in [4.69, 9.17) is 4.74 Å². The number of amides is 3. The Labute approximate surface area is 210 Å². The van der Waals surface area contributed by atoms with Crippen molar-refractivity contribution >= 4 is 28.7 Å². The van der Waals surface area contributed by atoms with E-state index in [1.165, 1.54) is 0 Å². The first kappa shape index (κ1) is 25.2. The van der Waals surface area contributed by atoms with E-state index in [2.05, 4.69) is 5.32 Å². The summed E-state index contributed by atoms with van der Waals surface area (Å²) < 4.78 is 5.41. The molecular weight excluding hydrogens is 458 g/mol. The fourth-order valence-electron chi connectivity index (χ4n) is 4.40. The second-order valence-corrected chi connectivity index (χ2v) is 8.82. The normalized spacial score (nSPS) is 14.7. The van der Waals surface area contributed by atoms with Crippen LogP contribution in [-0.2, 0) is 27.4 Å². The van der Waals surface area contributed by atoms with Gasteiger partial charge in [0.15, 0.2) is 0 Å². The van der Waals surface area contributed by atoms with Crippen LogP contribution in [-0.4, -0.2) is 71.6 Å². The van der Waals surface area contributed by atoms with Gasteiger partial charge in [0.2, 0.25) is 11.8 Å². The quantitative estimate of drug-likeness (QED) is 0.532. The van der Waals surface area contributed by atoms with Crippen LogP contribution in [0.3, 0.4) is 0 Å². The van der Waals surface area contributed by atoms with Gasteiger partial charge in [-0.2, -0.15) is 0 Å². The van der Waals surface area contributed by atoms with Gasteiger partial charge in [-0.1, -0.05) is 72.8 Å². The summed E-state index contributed by atoms with van der Waals surface area (Å²) in [6, 6.07) is 22.0. The monoisotopic (exact) mass is 489 g/mol. The second-order valence-electron chi connectivity index (χ2n) is 8.82. The summed E-state index contributed by atoms with van der Waals surface area (Å²) in [7, 11) is 0. The van der Waals surface area contributed by atoms with E-state index in [0.717, 1.165) is 21.9 Å². The Morgan fingerprint density at radius 3 is 2.36 bits per heavy atom. The van der Waals surface area contributed by atoms with Gasteiger partial charge >= 0.3 is 6.09 Å². The zero-order chi connectivity index (χ0) is 25.3. The van der Waals surface area contributed by atoms with Crippen LogP contribution < -0.4 is 5.32 Å². The van der Waals surface area contributed by atoms with Crippen LogP contribution in [0.1, 0.15) is 17.5 Å². The first-order chi connectivity index (χ1) is 17.5. The fourth-order valence-corrected chi connectivity index (χ4v) is 4.40. The number of nitrogens with one attached hydrogen (secondary N) is 1. The van der Waals surface area contributed by atoms with E-state index in [1.807, 2.05) is 72.8 Å². The van der Waals surface area contributed by atoms with E-state index in [9.17, 15) is 19.5 Å². The molecule has 4 rings (SSSR count). The van der Waals surface area contributed by atoms with Crippen molar-refractivity contribution in [3.05, 3.63) is 83.9 Å². The molecule has 0 aliphatic carbocycles. The smallest absolute Gasteiger partial charge is 0.410 e. The van der Waals surface area contributed by atoms with Gasteiger partial charge in [0, 0.05) is 26.2 Å². The van der Waals surface area contributed by atoms with Crippen LogP contribution in [0.15, 0.2) is 72.8 Å². The largest absolute Gasteiger partial charge is 0.445 e. The SMILES string of the molecule is O=C(Cc1cccc2ccccc12)N[C@@H](CO)C(=O)N1CCCN(C(=O)OCc2ccccc2)CC1. The Morgan fingerprint density at radius 2 is 1.56 bits per heavy atom. The maximum Gasteiger partial charge on any atom is 0.410 e. The number of nitrogens with zero attached hydrogens (tertiary/aromatic N) is 2. The molecule has 1 saturated heterocycles. The van der Waals surface area contributed by atoms with Crippen LogP contribution >= 0.6 is 0 Å². The third kappa shape index (κ3) is 6.40. The van der Waals surface area contributed by atoms with Crippen LogP contribution in [0.5, 0.6) is 0 Å². The van der Waals surface area contributed by atoms with Crippen LogP contribution in [0.25, 0.3) is 10.8 Å². The average Bonchev–Trinajstić information content (AvgIpc) is 3.17. The highest BCUT2D eigenvalue weighted by Gasteiger charge is 2.28. The highest BCUT2D eigenvalue weighted by molar-refractivity contribution is 5.92. The lowest BCUT2D eigenvalue weighted by molar-refractivity contribution is -0.137. The number of carbonyl (C=O) groups excluding carboxylic acids is 3. The van der Waals surface area contributed by atoms with Crippen molar-refractivity contribution in [3.63, 3.8) is 0 Å². The fraction of sp³-hybridized carbons (Fsp3) is 0.321. The zero-order valence-electron chi connectivity index (χ0n) is 20.1. The Bertz CT molecular complexity index is 1190. The minimum atomic E-state index is -1.04. The molecule has 0 saturated carbocycles. The van der Waals surface area contributed by atoms with E-state index in [0.29, 0.717) is 32.6 Å². The second kappa shape index (κ2) is 12.2. The highest BCUT2D eigenvalue weighted by Crippen LogP contribution is 2.19. The lowest BCUT2D eigenvalue weighted by Crippen LogP contribution is -2.51. The molecule has 0 aromatic heterocycles. The molecule has 3 amide bonds. The molecule has 36 heavy (non-hydrogen) atoms. The van der Waals surface area contributed by atoms with Gasteiger partial charge in [0.25, 0.3) is 0 Å². The third-order valence-electron chi connectivity index (χ3n) is 6.32. The molecule has 1 aliphatic heterocycles. The average molecular weight is 490 g/mol. The zero-order valence-corrected chi connectivity index (χ0v) is 20.1. The molecule has 8 nitrogen and oxygen atoms in total. The van der Waals surface area contributed by atoms with Gasteiger partial charge in [0.1, 0.15) is 12.6 Å². The first-order valence-corrected chi connectivity index (χ1v) is 12.2. The number of aliphatic hydroxyl groups excluding tert-OH is 1. The van der Waals surface area contributed by atoms with Gasteiger partial charge in [-0.25, -0.2) is 4.79 Å². The number of hydrogen-bond donors (Lipinski definition) is 2. The van der Waals surface area contributed by atoms with Gasteiger partial charge in [-0.05, 0) is 28.3 Å². The Kier molecular flexibility index (Phi) is 8.52. The summed E-state index contributed by atoms with van der Waals surface area (Å²) in [5.41, 5.74) is 1.76. The van der Waals surface area contributed by atoms with Gasteiger partial charge < -0.3 is 25.0 Å². The summed E-state index contributed by atoms with van der Waals surface area (Å²) in [5.74, 6) is -0.692. The number of rotatable bonds is 7. The topological polar surface area (TPSA) is 99.2 Å². The van der Waals surface area contributed by atoms with E-state index in [-0.39, 0.29) is 24.8 Å². The molecule has 1 fully saturated rings. The van der Waals surface area contributed by atoms with Gasteiger partial charge in [-0.3, -0.25) is 9.59 Å². The van der Waals surface area contributed by atoms with Crippen LogP contribution in [0.2, 0.25) is 0 Å². The van der Waals surface area contributed by atoms with Crippen LogP contribution in [0.4, 0.5) is 4.79 Å². The van der Waals surface area contributed by atoms with Crippen molar-refractivity contribution in [3.8, 4) is 0 Å². The maximum absolute atomic E-state index is 13.1. The molecule has 3 aromatic carbocycles. The molecule has 1 heterocycles. The number of aliphatic hydroxyl groups is 1. The van der Waals surface area contributed by atoms with E-state index >= 15 is 0 Å². The van der Waals surface area contributed by atoms with Crippen molar-refractivity contribution < 1.29 is 24.2 Å². The number of benzene rings is 3. The molecular formula is C28H31N3O5. The van der Waals surface area contributed by atoms with Crippen molar-refractivity contribution in [1.29, 1.82) is 0 Å². The molecule has 1 atom stereocenters. The Hall–Kier alpha value is -3.91. The van der Waals surface area contributed by atoms with E-state index < -0.39 is 18.7 Å². The minimum absolute atomic E-state index is 0.103. The molecule has 3 aromatic rings. The molecule has 0 spiro atoms. The Balaban J connectivity index is 1.30. The predicted molar refractivity (Wildman–Crippen MR) is 136 cm³/mol. The first-order valence-electron chi connectivity index (χ1n) is 12.2. The highest BCUT2D eigenvalue weighted by atomic mass is 16.6. The molecule has 0 bridgehead atoms. The number of hydrogen-bond acceptors (Lipinski definition) is 5. The summed E-state index contributed by atoms with van der Waals surface area (Å²) >= 11 is 0. The van der Waals surface area contributed by atoms with Gasteiger partial charge in [-0.15, -0.1) is 0 Å². The van der Waals surface area contributed by atoms with Crippen molar-refractivity contribution in [2.24, 2.45) is 0 Å². The lowest BCUT2D eigenvalue weighted by atomic mass is 10.0. The van der Waals surface area contributed by atoms with Crippen molar-refractivity contribution in [1.82, 2.24) is 15.1 Å². The summed E-state index contributed by atoms with van der Waals surface area (Å²) in [4.78, 5) is 41.5. The maximum atomic E-state index is 13.1. The molecule has 2 N–H and O–H groups in total. The minimum Gasteiger partial charge on any atom is -0.445 e. The van der Waals surface area contributed by atoms with Crippen molar-refractivity contribution in [2.75, 3.05) is 32.8 Å². The summed E-state index contributed by atoms with van der Waals surface area (Å²) in [6.07, 6.45) is 0.260. The molecule has 0 radical (unpaired) electrons. The molecule has 0 unspecified atom stereocenters. The summed E-state index contributed by atoms with van der Waals surface area (Å²) in [6.45, 7) is 1.20. The molecule has 8 heteroatoms. The lowest BCUT2D eigenvalue weighted by Gasteiger charge is -2.26. The van der Waals surface area contributed by atoms with Crippen molar-refractivity contribution in [2.45, 2.75) is 25.5 Å². The number of carbonyl (C=O) groups is 3. The molecule has 1 aliphatic rings. The van der Waals surface area contributed by atoms with Crippen LogP contribution in [0, 0.1) is 0 Å². The van der Waals surface area contributed by atoms with Gasteiger partial charge in [0.05, 0.1) is 13.0 Å².